The number of ether oxygens (including phenoxy) is 1. The van der Waals surface area contributed by atoms with Gasteiger partial charge in [-0.15, -0.1) is 0 Å². The molecule has 3 N–H and O–H groups in total. The van der Waals surface area contributed by atoms with E-state index in [1.54, 1.807) is 30.1 Å². The number of sulfonamides is 1. The quantitative estimate of drug-likeness (QED) is 0.419. The van der Waals surface area contributed by atoms with Gasteiger partial charge in [0.2, 0.25) is 16.0 Å². The normalized spacial score (nSPS) is 21.2. The van der Waals surface area contributed by atoms with Crippen LogP contribution in [-0.4, -0.2) is 98.1 Å². The van der Waals surface area contributed by atoms with Gasteiger partial charge in [-0.2, -0.15) is 13.2 Å². The fraction of sp³-hybridized carbons (Fsp3) is 0.621. The van der Waals surface area contributed by atoms with Crippen LogP contribution in [0.3, 0.4) is 0 Å². The van der Waals surface area contributed by atoms with E-state index >= 15 is 0 Å². The van der Waals surface area contributed by atoms with Gasteiger partial charge in [0.15, 0.2) is 0 Å². The molecule has 4 rings (SSSR count). The van der Waals surface area contributed by atoms with Gasteiger partial charge in [0.05, 0.1) is 36.4 Å². The molecule has 1 saturated heterocycles. The zero-order chi connectivity index (χ0) is 32.4. The number of nitrogens with one attached hydrogen (secondary N) is 1. The lowest BCUT2D eigenvalue weighted by atomic mass is 9.78. The van der Waals surface area contributed by atoms with Crippen LogP contribution in [0.15, 0.2) is 24.4 Å². The molecule has 11 nitrogen and oxygen atoms in total. The number of benzene rings is 1. The minimum atomic E-state index is -4.79. The third kappa shape index (κ3) is 7.61. The number of hydrogen-bond acceptors (Lipinski definition) is 9. The lowest BCUT2D eigenvalue weighted by molar-refractivity contribution is -0.139. The molecule has 2 heterocycles. The minimum Gasteiger partial charge on any atom is -0.495 e. The highest BCUT2D eigenvalue weighted by molar-refractivity contribution is 7.88. The van der Waals surface area contributed by atoms with Gasteiger partial charge in [-0.05, 0) is 69.9 Å². The van der Waals surface area contributed by atoms with Crippen molar-refractivity contribution in [2.45, 2.75) is 62.8 Å². The first-order valence-electron chi connectivity index (χ1n) is 14.6. The second-order valence-corrected chi connectivity index (χ2v) is 13.8. The molecule has 0 bridgehead atoms. The fourth-order valence-electron chi connectivity index (χ4n) is 6.20. The first kappa shape index (κ1) is 33.9. The highest BCUT2D eigenvalue weighted by Crippen LogP contribution is 2.41. The molecule has 44 heavy (non-hydrogen) atoms. The van der Waals surface area contributed by atoms with Crippen molar-refractivity contribution >= 4 is 27.6 Å². The van der Waals surface area contributed by atoms with E-state index in [0.717, 1.165) is 38.6 Å². The number of rotatable bonds is 9. The number of anilines is 2. The molecule has 0 radical (unpaired) electrons. The standard InChI is InChI=1S/C29H42F3N7O4S/c1-37-14-12-19(13-15-37)38(2)27(40)18-10-11-24(43-4)22(16-18)35-28-34-17-21(29(30,31)32)26(36-28)25(33)20-8-6-7-9-23(20)39(3)44(5,41)42/h10-11,16-17,19-20,23,25H,6-9,12-15,33H2,1-5H3,(H,34,35,36). The van der Waals surface area contributed by atoms with Crippen molar-refractivity contribution in [3.63, 3.8) is 0 Å². The number of nitrogens with two attached hydrogens (primary N) is 1. The second kappa shape index (κ2) is 13.5. The van der Waals surface area contributed by atoms with Crippen molar-refractivity contribution in [1.82, 2.24) is 24.1 Å². The molecular formula is C29H42F3N7O4S. The summed E-state index contributed by atoms with van der Waals surface area (Å²) in [6.07, 6.45) is 1.01. The third-order valence-electron chi connectivity index (χ3n) is 8.92. The van der Waals surface area contributed by atoms with E-state index in [9.17, 15) is 26.4 Å². The van der Waals surface area contributed by atoms with Crippen LogP contribution in [-0.2, 0) is 16.2 Å². The van der Waals surface area contributed by atoms with E-state index in [-0.39, 0.29) is 17.9 Å². The summed E-state index contributed by atoms with van der Waals surface area (Å²) >= 11 is 0. The van der Waals surface area contributed by atoms with Gasteiger partial charge in [-0.3, -0.25) is 4.79 Å². The van der Waals surface area contributed by atoms with Gasteiger partial charge in [0, 0.05) is 37.9 Å². The predicted octanol–water partition coefficient (Wildman–Crippen LogP) is 3.86. The number of carbonyl (C=O) groups is 1. The number of amides is 1. The molecule has 3 unspecified atom stereocenters. The molecule has 0 spiro atoms. The van der Waals surface area contributed by atoms with E-state index in [1.165, 1.54) is 18.5 Å². The van der Waals surface area contributed by atoms with Crippen molar-refractivity contribution in [2.75, 3.05) is 52.9 Å². The minimum absolute atomic E-state index is 0.0878. The van der Waals surface area contributed by atoms with Crippen molar-refractivity contribution in [3.05, 3.63) is 41.2 Å². The van der Waals surface area contributed by atoms with Gasteiger partial charge < -0.3 is 25.6 Å². The number of carbonyl (C=O) groups excluding carboxylic acids is 1. The van der Waals surface area contributed by atoms with Crippen LogP contribution in [0.5, 0.6) is 5.75 Å². The Morgan fingerprint density at radius 2 is 1.82 bits per heavy atom. The molecule has 1 aliphatic heterocycles. The highest BCUT2D eigenvalue weighted by atomic mass is 32.2. The summed E-state index contributed by atoms with van der Waals surface area (Å²) < 4.78 is 73.8. The van der Waals surface area contributed by atoms with E-state index in [0.29, 0.717) is 42.5 Å². The van der Waals surface area contributed by atoms with E-state index in [2.05, 4.69) is 20.2 Å². The second-order valence-electron chi connectivity index (χ2n) is 11.8. The fourth-order valence-corrected chi connectivity index (χ4v) is 6.95. The number of likely N-dealkylation sites (tertiary alicyclic amines) is 1. The molecule has 2 aromatic rings. The molecule has 1 amide bonds. The number of methoxy groups -OCH3 is 1. The first-order chi connectivity index (χ1) is 20.6. The van der Waals surface area contributed by atoms with Crippen LogP contribution in [0.25, 0.3) is 0 Å². The van der Waals surface area contributed by atoms with Gasteiger partial charge in [-0.25, -0.2) is 22.7 Å². The molecule has 3 atom stereocenters. The SMILES string of the molecule is COc1ccc(C(=O)N(C)C2CCN(C)CC2)cc1Nc1ncc(C(F)(F)F)c(C(N)C2CCCCC2N(C)S(C)(=O)=O)n1. The maximum Gasteiger partial charge on any atom is 0.419 e. The van der Waals surface area contributed by atoms with Crippen LogP contribution >= 0.6 is 0 Å². The first-order valence-corrected chi connectivity index (χ1v) is 16.5. The van der Waals surface area contributed by atoms with Crippen LogP contribution in [0, 0.1) is 5.92 Å². The summed E-state index contributed by atoms with van der Waals surface area (Å²) in [6.45, 7) is 1.78. The lowest BCUT2D eigenvalue weighted by Gasteiger charge is -2.39. The molecule has 1 aromatic carbocycles. The van der Waals surface area contributed by atoms with Gasteiger partial charge >= 0.3 is 6.18 Å². The average molecular weight is 642 g/mol. The molecule has 244 valence electrons. The molecule has 2 fully saturated rings. The smallest absolute Gasteiger partial charge is 0.419 e. The monoisotopic (exact) mass is 641 g/mol. The Kier molecular flexibility index (Phi) is 10.4. The largest absolute Gasteiger partial charge is 0.495 e. The number of halogens is 3. The number of alkyl halides is 3. The molecule has 1 aliphatic carbocycles. The molecule has 2 aliphatic rings. The molecule has 15 heteroatoms. The van der Waals surface area contributed by atoms with Crippen molar-refractivity contribution in [1.29, 1.82) is 0 Å². The third-order valence-corrected chi connectivity index (χ3v) is 10.2. The molecular weight excluding hydrogens is 599 g/mol. The van der Waals surface area contributed by atoms with Crippen LogP contribution < -0.4 is 15.8 Å². The Balaban J connectivity index is 1.66. The van der Waals surface area contributed by atoms with Crippen molar-refractivity contribution in [3.8, 4) is 5.75 Å². The van der Waals surface area contributed by atoms with Crippen molar-refractivity contribution in [2.24, 2.45) is 11.7 Å². The van der Waals surface area contributed by atoms with E-state index in [4.69, 9.17) is 10.5 Å². The summed E-state index contributed by atoms with van der Waals surface area (Å²) in [5.74, 6) is -0.628. The Bertz CT molecular complexity index is 1430. The van der Waals surface area contributed by atoms with Gasteiger partial charge in [0.25, 0.3) is 5.91 Å². The summed E-state index contributed by atoms with van der Waals surface area (Å²) in [5.41, 5.74) is 5.66. The summed E-state index contributed by atoms with van der Waals surface area (Å²) in [7, 11) is 3.06. The summed E-state index contributed by atoms with van der Waals surface area (Å²) in [4.78, 5) is 25.5. The van der Waals surface area contributed by atoms with Gasteiger partial charge in [-0.1, -0.05) is 12.8 Å². The predicted molar refractivity (Wildman–Crippen MR) is 161 cm³/mol. The number of aromatic nitrogens is 2. The average Bonchev–Trinajstić information content (AvgIpc) is 2.99. The van der Waals surface area contributed by atoms with E-state index < -0.39 is 45.5 Å². The van der Waals surface area contributed by atoms with Gasteiger partial charge in [0.1, 0.15) is 5.75 Å². The highest BCUT2D eigenvalue weighted by Gasteiger charge is 2.42. The Labute approximate surface area is 257 Å². The number of hydrogen-bond donors (Lipinski definition) is 2. The van der Waals surface area contributed by atoms with Crippen LogP contribution in [0.2, 0.25) is 0 Å². The lowest BCUT2D eigenvalue weighted by Crippen LogP contribution is -2.47. The zero-order valence-corrected chi connectivity index (χ0v) is 26.6. The Morgan fingerprint density at radius 3 is 2.43 bits per heavy atom. The molecule has 1 saturated carbocycles. The Morgan fingerprint density at radius 1 is 1.16 bits per heavy atom. The zero-order valence-electron chi connectivity index (χ0n) is 25.8. The van der Waals surface area contributed by atoms with Crippen molar-refractivity contribution < 1.29 is 31.1 Å². The van der Waals surface area contributed by atoms with Crippen LogP contribution in [0.4, 0.5) is 24.8 Å². The number of nitrogens with zero attached hydrogens (tertiary/aromatic N) is 5. The topological polar surface area (TPSA) is 134 Å². The maximum absolute atomic E-state index is 14.2. The number of piperidine rings is 1. The molecule has 1 aromatic heterocycles. The summed E-state index contributed by atoms with van der Waals surface area (Å²) in [5, 5.41) is 2.92. The van der Waals surface area contributed by atoms with Crippen LogP contribution in [0.1, 0.15) is 66.2 Å². The maximum atomic E-state index is 14.2. The Hall–Kier alpha value is -3.01. The summed E-state index contributed by atoms with van der Waals surface area (Å²) in [6, 6.07) is 3.08. The van der Waals surface area contributed by atoms with E-state index in [1.807, 2.05) is 7.05 Å².